The van der Waals surface area contributed by atoms with Gasteiger partial charge in [0, 0.05) is 0 Å². The van der Waals surface area contributed by atoms with Gasteiger partial charge in [-0.2, -0.15) is 0 Å². The first-order valence-electron chi connectivity index (χ1n) is 4.87. The maximum absolute atomic E-state index is 10.3. The molecule has 16 heavy (non-hydrogen) atoms. The van der Waals surface area contributed by atoms with Crippen LogP contribution in [0, 0.1) is 6.92 Å². The van der Waals surface area contributed by atoms with Gasteiger partial charge in [-0.1, -0.05) is 54.1 Å². The monoisotopic (exact) mass is 234 g/mol. The van der Waals surface area contributed by atoms with Crippen molar-refractivity contribution in [1.29, 1.82) is 0 Å². The van der Waals surface area contributed by atoms with Crippen LogP contribution in [0.25, 0.3) is 0 Å². The molecule has 2 aromatic rings. The Bertz CT molecular complexity index is 426. The molecule has 3 heteroatoms. The van der Waals surface area contributed by atoms with Crippen LogP contribution >= 0.6 is 0 Å². The van der Waals surface area contributed by atoms with Crippen molar-refractivity contribution < 1.29 is 8.76 Å². The SMILES string of the molecule is Cc1ccccc1.O=S(O)c1ccccc1. The molecule has 0 fully saturated rings. The zero-order valence-corrected chi connectivity index (χ0v) is 9.85. The molecule has 0 heterocycles. The third-order valence-corrected chi connectivity index (χ3v) is 2.56. The molecule has 1 unspecified atom stereocenters. The fraction of sp³-hybridized carbons (Fsp3) is 0.0769. The maximum atomic E-state index is 10.3. The Kier molecular flexibility index (Phi) is 5.46. The molecule has 0 saturated carbocycles. The van der Waals surface area contributed by atoms with Gasteiger partial charge in [-0.15, -0.1) is 0 Å². The standard InChI is InChI=1S/C7H8.C6H6O2S/c1-7-5-3-2-4-6-7;7-9(8)6-4-2-1-3-5-6/h2-6H,1H3;1-5H,(H,7,8). The third-order valence-electron chi connectivity index (χ3n) is 1.89. The molecule has 0 aromatic heterocycles. The average Bonchev–Trinajstić information content (AvgIpc) is 2.32. The van der Waals surface area contributed by atoms with Gasteiger partial charge in [-0.3, -0.25) is 0 Å². The lowest BCUT2D eigenvalue weighted by molar-refractivity contribution is 0.564. The van der Waals surface area contributed by atoms with E-state index in [1.807, 2.05) is 18.2 Å². The van der Waals surface area contributed by atoms with Crippen molar-refractivity contribution >= 4 is 11.1 Å². The highest BCUT2D eigenvalue weighted by Crippen LogP contribution is 2.01. The van der Waals surface area contributed by atoms with E-state index in [4.69, 9.17) is 4.55 Å². The highest BCUT2D eigenvalue weighted by atomic mass is 32.2. The lowest BCUT2D eigenvalue weighted by Gasteiger charge is -1.89. The van der Waals surface area contributed by atoms with E-state index in [0.717, 1.165) is 0 Å². The molecule has 0 bridgehead atoms. The van der Waals surface area contributed by atoms with Crippen LogP contribution in [-0.4, -0.2) is 8.76 Å². The molecule has 0 aliphatic carbocycles. The lowest BCUT2D eigenvalue weighted by atomic mass is 10.2. The Morgan fingerprint density at radius 1 is 0.875 bits per heavy atom. The highest BCUT2D eigenvalue weighted by molar-refractivity contribution is 7.79. The molecule has 0 aliphatic rings. The van der Waals surface area contributed by atoms with Crippen LogP contribution in [0.3, 0.4) is 0 Å². The minimum Gasteiger partial charge on any atom is -0.302 e. The number of benzene rings is 2. The van der Waals surface area contributed by atoms with Crippen LogP contribution in [-0.2, 0) is 11.1 Å². The van der Waals surface area contributed by atoms with Crippen molar-refractivity contribution in [3.8, 4) is 0 Å². The second-order valence-electron chi connectivity index (χ2n) is 3.22. The smallest absolute Gasteiger partial charge is 0.186 e. The zero-order valence-electron chi connectivity index (χ0n) is 9.04. The summed E-state index contributed by atoms with van der Waals surface area (Å²) in [5, 5.41) is 0. The van der Waals surface area contributed by atoms with Crippen LogP contribution in [0.2, 0.25) is 0 Å². The maximum Gasteiger partial charge on any atom is 0.186 e. The van der Waals surface area contributed by atoms with E-state index < -0.39 is 11.1 Å². The van der Waals surface area contributed by atoms with Gasteiger partial charge in [0.2, 0.25) is 0 Å². The van der Waals surface area contributed by atoms with E-state index >= 15 is 0 Å². The van der Waals surface area contributed by atoms with E-state index in [9.17, 15) is 4.21 Å². The molecule has 1 atom stereocenters. The van der Waals surface area contributed by atoms with Crippen molar-refractivity contribution in [2.24, 2.45) is 0 Å². The minimum atomic E-state index is -1.83. The summed E-state index contributed by atoms with van der Waals surface area (Å²) in [6, 6.07) is 18.7. The topological polar surface area (TPSA) is 37.3 Å². The molecule has 0 spiro atoms. The fourth-order valence-electron chi connectivity index (χ4n) is 1.07. The van der Waals surface area contributed by atoms with E-state index in [2.05, 4.69) is 19.1 Å². The van der Waals surface area contributed by atoms with Gasteiger partial charge in [0.15, 0.2) is 11.1 Å². The molecule has 84 valence electrons. The van der Waals surface area contributed by atoms with E-state index in [0.29, 0.717) is 4.90 Å². The second kappa shape index (κ2) is 6.93. The second-order valence-corrected chi connectivity index (χ2v) is 4.19. The van der Waals surface area contributed by atoms with Crippen molar-refractivity contribution in [2.45, 2.75) is 11.8 Å². The summed E-state index contributed by atoms with van der Waals surface area (Å²) in [4.78, 5) is 0.442. The van der Waals surface area contributed by atoms with Crippen molar-refractivity contribution in [2.75, 3.05) is 0 Å². The summed E-state index contributed by atoms with van der Waals surface area (Å²) < 4.78 is 18.8. The first-order valence-corrected chi connectivity index (χ1v) is 5.98. The number of rotatable bonds is 1. The van der Waals surface area contributed by atoms with E-state index in [1.165, 1.54) is 5.56 Å². The largest absolute Gasteiger partial charge is 0.302 e. The normalized spacial score (nSPS) is 11.1. The minimum absolute atomic E-state index is 0.442. The van der Waals surface area contributed by atoms with Gasteiger partial charge in [-0.05, 0) is 19.1 Å². The molecule has 0 aliphatic heterocycles. The highest BCUT2D eigenvalue weighted by Gasteiger charge is 1.93. The molecule has 0 saturated heterocycles. The Balaban J connectivity index is 0.000000165. The molecule has 2 rings (SSSR count). The lowest BCUT2D eigenvalue weighted by Crippen LogP contribution is -1.84. The van der Waals surface area contributed by atoms with Gasteiger partial charge in [-0.25, -0.2) is 4.21 Å². The third kappa shape index (κ3) is 4.87. The summed E-state index contributed by atoms with van der Waals surface area (Å²) in [5.74, 6) is 0. The van der Waals surface area contributed by atoms with Crippen LogP contribution < -0.4 is 0 Å². The van der Waals surface area contributed by atoms with Crippen molar-refractivity contribution in [3.05, 3.63) is 66.2 Å². The molecule has 0 amide bonds. The Hall–Kier alpha value is -1.45. The molecule has 2 aromatic carbocycles. The Morgan fingerprint density at radius 3 is 1.56 bits per heavy atom. The fourth-order valence-corrected chi connectivity index (χ4v) is 1.46. The molecule has 2 nitrogen and oxygen atoms in total. The number of hydrogen-bond acceptors (Lipinski definition) is 1. The summed E-state index contributed by atoms with van der Waals surface area (Å²) in [6.07, 6.45) is 0. The predicted octanol–water partition coefficient (Wildman–Crippen LogP) is 3.26. The quantitative estimate of drug-likeness (QED) is 0.769. The Morgan fingerprint density at radius 2 is 1.31 bits per heavy atom. The summed E-state index contributed by atoms with van der Waals surface area (Å²) in [7, 11) is 0. The van der Waals surface area contributed by atoms with Gasteiger partial charge in [0.05, 0.1) is 4.90 Å². The average molecular weight is 234 g/mol. The molecular weight excluding hydrogens is 220 g/mol. The molecular formula is C13H14O2S. The summed E-state index contributed by atoms with van der Waals surface area (Å²) >= 11 is -1.83. The first kappa shape index (κ1) is 12.6. The van der Waals surface area contributed by atoms with Crippen LogP contribution in [0.5, 0.6) is 0 Å². The first-order chi connectivity index (χ1) is 7.70. The Labute approximate surface area is 98.2 Å². The van der Waals surface area contributed by atoms with Crippen molar-refractivity contribution in [1.82, 2.24) is 0 Å². The van der Waals surface area contributed by atoms with Crippen molar-refractivity contribution in [3.63, 3.8) is 0 Å². The van der Waals surface area contributed by atoms with Gasteiger partial charge in [0.1, 0.15) is 0 Å². The predicted molar refractivity (Wildman–Crippen MR) is 66.7 cm³/mol. The molecule has 0 radical (unpaired) electrons. The number of aryl methyl sites for hydroxylation is 1. The van der Waals surface area contributed by atoms with Crippen LogP contribution in [0.1, 0.15) is 5.56 Å². The number of hydrogen-bond donors (Lipinski definition) is 1. The van der Waals surface area contributed by atoms with Gasteiger partial charge in [0.25, 0.3) is 0 Å². The van der Waals surface area contributed by atoms with E-state index in [-0.39, 0.29) is 0 Å². The summed E-state index contributed by atoms with van der Waals surface area (Å²) in [5.41, 5.74) is 1.32. The summed E-state index contributed by atoms with van der Waals surface area (Å²) in [6.45, 7) is 2.08. The van der Waals surface area contributed by atoms with Gasteiger partial charge < -0.3 is 4.55 Å². The van der Waals surface area contributed by atoms with Crippen LogP contribution in [0.15, 0.2) is 65.6 Å². The molecule has 1 N–H and O–H groups in total. The van der Waals surface area contributed by atoms with Gasteiger partial charge >= 0.3 is 0 Å². The van der Waals surface area contributed by atoms with Crippen LogP contribution in [0.4, 0.5) is 0 Å². The zero-order chi connectivity index (χ0) is 11.8. The van der Waals surface area contributed by atoms with E-state index in [1.54, 1.807) is 30.3 Å².